The van der Waals surface area contributed by atoms with Crippen LogP contribution >= 0.6 is 15.9 Å². The predicted octanol–water partition coefficient (Wildman–Crippen LogP) is 2.12. The van der Waals surface area contributed by atoms with Crippen molar-refractivity contribution in [2.75, 3.05) is 13.2 Å². The first kappa shape index (κ1) is 12.7. The molecular formula is C11H13BrN2O2. The van der Waals surface area contributed by atoms with Crippen molar-refractivity contribution in [2.45, 2.75) is 6.42 Å². The molecule has 0 saturated carbocycles. The van der Waals surface area contributed by atoms with Crippen molar-refractivity contribution >= 4 is 21.8 Å². The van der Waals surface area contributed by atoms with Gasteiger partial charge in [0.2, 0.25) is 0 Å². The molecule has 0 aromatic carbocycles. The molecule has 1 rings (SSSR count). The Morgan fingerprint density at radius 2 is 2.44 bits per heavy atom. The molecule has 4 nitrogen and oxygen atoms in total. The second-order valence-corrected chi connectivity index (χ2v) is 3.83. The third-order valence-corrected chi connectivity index (χ3v) is 2.30. The molecule has 0 atom stereocenters. The van der Waals surface area contributed by atoms with Gasteiger partial charge in [-0.1, -0.05) is 6.58 Å². The molecule has 0 bridgehead atoms. The number of hydrogen-bond donors (Lipinski definition) is 1. The van der Waals surface area contributed by atoms with E-state index in [9.17, 15) is 4.79 Å². The van der Waals surface area contributed by atoms with Gasteiger partial charge in [-0.25, -0.2) is 4.98 Å². The van der Waals surface area contributed by atoms with Gasteiger partial charge in [0.1, 0.15) is 4.60 Å². The molecule has 0 saturated heterocycles. The van der Waals surface area contributed by atoms with Gasteiger partial charge in [0.15, 0.2) is 0 Å². The first-order valence-electron chi connectivity index (χ1n) is 4.86. The second-order valence-electron chi connectivity index (χ2n) is 3.02. The molecule has 0 fully saturated rings. The van der Waals surface area contributed by atoms with Gasteiger partial charge in [0, 0.05) is 12.7 Å². The lowest BCUT2D eigenvalue weighted by atomic mass is 10.2. The molecule has 0 spiro atoms. The van der Waals surface area contributed by atoms with E-state index in [2.05, 4.69) is 32.8 Å². The van der Waals surface area contributed by atoms with Crippen LogP contribution in [0.25, 0.3) is 0 Å². The molecule has 0 radical (unpaired) electrons. The van der Waals surface area contributed by atoms with Crippen LogP contribution < -0.4 is 5.32 Å². The molecule has 1 N–H and O–H groups in total. The Hall–Kier alpha value is -1.36. The van der Waals surface area contributed by atoms with Gasteiger partial charge in [-0.2, -0.15) is 0 Å². The number of ether oxygens (including phenoxy) is 1. The maximum absolute atomic E-state index is 11.6. The normalized spacial score (nSPS) is 9.56. The fourth-order valence-corrected chi connectivity index (χ4v) is 1.29. The van der Waals surface area contributed by atoms with Crippen LogP contribution in [0, 0.1) is 0 Å². The molecule has 1 heterocycles. The lowest BCUT2D eigenvalue weighted by molar-refractivity contribution is 0.0950. The number of aromatic nitrogens is 1. The highest BCUT2D eigenvalue weighted by molar-refractivity contribution is 9.10. The average Bonchev–Trinajstić information content (AvgIpc) is 2.29. The quantitative estimate of drug-likeness (QED) is 0.495. The van der Waals surface area contributed by atoms with Crippen molar-refractivity contribution in [3.8, 4) is 0 Å². The zero-order valence-electron chi connectivity index (χ0n) is 8.78. The van der Waals surface area contributed by atoms with Crippen LogP contribution in [0.1, 0.15) is 16.8 Å². The Bertz CT molecular complexity index is 352. The van der Waals surface area contributed by atoms with Crippen LogP contribution in [0.5, 0.6) is 0 Å². The molecule has 16 heavy (non-hydrogen) atoms. The predicted molar refractivity (Wildman–Crippen MR) is 65.0 cm³/mol. The summed E-state index contributed by atoms with van der Waals surface area (Å²) in [6.45, 7) is 4.56. The highest BCUT2D eigenvalue weighted by Gasteiger charge is 2.04. The number of nitrogens with one attached hydrogen (secondary N) is 1. The third-order valence-electron chi connectivity index (χ3n) is 1.83. The van der Waals surface area contributed by atoms with Crippen LogP contribution in [0.15, 0.2) is 35.8 Å². The minimum absolute atomic E-state index is 0.126. The third kappa shape index (κ3) is 4.44. The van der Waals surface area contributed by atoms with Gasteiger partial charge >= 0.3 is 0 Å². The largest absolute Gasteiger partial charge is 0.502 e. The summed E-state index contributed by atoms with van der Waals surface area (Å²) in [7, 11) is 0. The fraction of sp³-hybridized carbons (Fsp3) is 0.273. The molecule has 0 unspecified atom stereocenters. The number of amides is 1. The average molecular weight is 285 g/mol. The van der Waals surface area contributed by atoms with E-state index in [1.165, 1.54) is 12.5 Å². The Kier molecular flexibility index (Phi) is 5.56. The molecule has 86 valence electrons. The molecule has 0 aliphatic heterocycles. The van der Waals surface area contributed by atoms with Gasteiger partial charge in [-0.15, -0.1) is 0 Å². The van der Waals surface area contributed by atoms with Gasteiger partial charge in [0.25, 0.3) is 5.91 Å². The summed E-state index contributed by atoms with van der Waals surface area (Å²) in [6, 6.07) is 3.45. The summed E-state index contributed by atoms with van der Waals surface area (Å²) in [4.78, 5) is 15.5. The number of rotatable bonds is 6. The van der Waals surface area contributed by atoms with E-state index in [1.807, 2.05) is 0 Å². The number of nitrogens with zero attached hydrogens (tertiary/aromatic N) is 1. The van der Waals surface area contributed by atoms with Crippen molar-refractivity contribution in [1.29, 1.82) is 0 Å². The summed E-state index contributed by atoms with van der Waals surface area (Å²) >= 11 is 3.21. The van der Waals surface area contributed by atoms with E-state index in [0.29, 0.717) is 23.3 Å². The number of carbonyl (C=O) groups excluding carboxylic acids is 1. The van der Waals surface area contributed by atoms with Crippen molar-refractivity contribution in [3.05, 3.63) is 41.3 Å². The first-order chi connectivity index (χ1) is 7.74. The maximum Gasteiger partial charge on any atom is 0.252 e. The van der Waals surface area contributed by atoms with E-state index in [-0.39, 0.29) is 5.91 Å². The SMILES string of the molecule is C=COCCCNC(=O)c1ccc(Br)nc1. The molecule has 1 aromatic rings. The molecule has 5 heteroatoms. The Balaban J connectivity index is 2.29. The molecule has 0 aliphatic carbocycles. The molecule has 0 aliphatic rings. The summed E-state index contributed by atoms with van der Waals surface area (Å²) < 4.78 is 5.64. The van der Waals surface area contributed by atoms with Gasteiger partial charge in [-0.05, 0) is 34.5 Å². The van der Waals surface area contributed by atoms with Crippen LogP contribution in [0.4, 0.5) is 0 Å². The Morgan fingerprint density at radius 3 is 3.06 bits per heavy atom. The number of hydrogen-bond acceptors (Lipinski definition) is 3. The van der Waals surface area contributed by atoms with E-state index < -0.39 is 0 Å². The molecule has 1 aromatic heterocycles. The van der Waals surface area contributed by atoms with E-state index >= 15 is 0 Å². The van der Waals surface area contributed by atoms with Crippen LogP contribution in [-0.4, -0.2) is 24.0 Å². The van der Waals surface area contributed by atoms with Gasteiger partial charge in [0.05, 0.1) is 18.4 Å². The standard InChI is InChI=1S/C11H13BrN2O2/c1-2-16-7-3-6-13-11(15)9-4-5-10(12)14-8-9/h2,4-5,8H,1,3,6-7H2,(H,13,15). The van der Waals surface area contributed by atoms with E-state index in [1.54, 1.807) is 12.1 Å². The topological polar surface area (TPSA) is 51.2 Å². The molecule has 1 amide bonds. The highest BCUT2D eigenvalue weighted by Crippen LogP contribution is 2.05. The minimum atomic E-state index is -0.126. The minimum Gasteiger partial charge on any atom is -0.502 e. The lowest BCUT2D eigenvalue weighted by Gasteiger charge is -2.04. The van der Waals surface area contributed by atoms with Crippen LogP contribution in [0.2, 0.25) is 0 Å². The van der Waals surface area contributed by atoms with Crippen LogP contribution in [0.3, 0.4) is 0 Å². The summed E-state index contributed by atoms with van der Waals surface area (Å²) in [5.41, 5.74) is 0.549. The summed E-state index contributed by atoms with van der Waals surface area (Å²) in [5.74, 6) is -0.126. The van der Waals surface area contributed by atoms with Gasteiger partial charge in [-0.3, -0.25) is 4.79 Å². The monoisotopic (exact) mass is 284 g/mol. The summed E-state index contributed by atoms with van der Waals surface area (Å²) in [5, 5.41) is 2.77. The first-order valence-corrected chi connectivity index (χ1v) is 5.65. The smallest absolute Gasteiger partial charge is 0.252 e. The number of halogens is 1. The van der Waals surface area contributed by atoms with Crippen molar-refractivity contribution in [3.63, 3.8) is 0 Å². The highest BCUT2D eigenvalue weighted by atomic mass is 79.9. The van der Waals surface area contributed by atoms with Gasteiger partial charge < -0.3 is 10.1 Å². The zero-order valence-corrected chi connectivity index (χ0v) is 10.4. The Labute approximate surface area is 103 Å². The zero-order chi connectivity index (χ0) is 11.8. The second kappa shape index (κ2) is 7.00. The maximum atomic E-state index is 11.6. The lowest BCUT2D eigenvalue weighted by Crippen LogP contribution is -2.25. The van der Waals surface area contributed by atoms with Crippen molar-refractivity contribution in [1.82, 2.24) is 10.3 Å². The van der Waals surface area contributed by atoms with E-state index in [0.717, 1.165) is 6.42 Å². The van der Waals surface area contributed by atoms with Crippen molar-refractivity contribution in [2.24, 2.45) is 0 Å². The fourth-order valence-electron chi connectivity index (χ4n) is 1.05. The molecular weight excluding hydrogens is 272 g/mol. The van der Waals surface area contributed by atoms with Crippen LogP contribution in [-0.2, 0) is 4.74 Å². The number of pyridine rings is 1. The Morgan fingerprint density at radius 1 is 1.62 bits per heavy atom. The van der Waals surface area contributed by atoms with E-state index in [4.69, 9.17) is 4.74 Å². The summed E-state index contributed by atoms with van der Waals surface area (Å²) in [6.07, 6.45) is 3.67. The number of carbonyl (C=O) groups is 1. The van der Waals surface area contributed by atoms with Crippen molar-refractivity contribution < 1.29 is 9.53 Å².